The number of methoxy groups -OCH3 is 2. The number of hydrogen-bond donors (Lipinski definition) is 2. The average Bonchev–Trinajstić information content (AvgIpc) is 2.53. The minimum absolute atomic E-state index is 0.207. The van der Waals surface area contributed by atoms with Crippen LogP contribution in [0.25, 0.3) is 0 Å². The highest BCUT2D eigenvalue weighted by atomic mass is 19.1. The van der Waals surface area contributed by atoms with Crippen molar-refractivity contribution in [3.63, 3.8) is 0 Å². The van der Waals surface area contributed by atoms with Gasteiger partial charge in [-0.15, -0.1) is 0 Å². The van der Waals surface area contributed by atoms with Crippen molar-refractivity contribution in [2.24, 2.45) is 5.84 Å². The van der Waals surface area contributed by atoms with Crippen LogP contribution in [0.1, 0.15) is 17.2 Å². The van der Waals surface area contributed by atoms with Gasteiger partial charge in [0.25, 0.3) is 0 Å². The Morgan fingerprint density at radius 3 is 2.57 bits per heavy atom. The van der Waals surface area contributed by atoms with Gasteiger partial charge in [0.2, 0.25) is 0 Å². The normalized spacial score (nSPS) is 12.0. The van der Waals surface area contributed by atoms with Crippen LogP contribution >= 0.6 is 0 Å². The standard InChI is InChI=1S/C16H19FN2O2/c1-20-12-6-3-5-11(9-12)10-14(19-18)13-7-4-8-15(21-2)16(13)17/h3-9,14,19H,10,18H2,1-2H3. The molecule has 0 aliphatic heterocycles. The van der Waals surface area contributed by atoms with E-state index in [1.165, 1.54) is 7.11 Å². The molecule has 2 aromatic rings. The Labute approximate surface area is 123 Å². The van der Waals surface area contributed by atoms with E-state index in [4.69, 9.17) is 15.3 Å². The van der Waals surface area contributed by atoms with Crippen LogP contribution in [0.2, 0.25) is 0 Å². The molecule has 0 aliphatic rings. The Kier molecular flexibility index (Phi) is 5.14. The van der Waals surface area contributed by atoms with Gasteiger partial charge < -0.3 is 9.47 Å². The molecule has 0 aliphatic carbocycles. The summed E-state index contributed by atoms with van der Waals surface area (Å²) in [5, 5.41) is 0. The number of ether oxygens (including phenoxy) is 2. The summed E-state index contributed by atoms with van der Waals surface area (Å²) < 4.78 is 24.5. The van der Waals surface area contributed by atoms with E-state index in [1.54, 1.807) is 25.3 Å². The highest BCUT2D eigenvalue weighted by Gasteiger charge is 2.18. The lowest BCUT2D eigenvalue weighted by atomic mass is 9.98. The minimum atomic E-state index is -0.397. The molecule has 0 bridgehead atoms. The van der Waals surface area contributed by atoms with Crippen LogP contribution in [-0.2, 0) is 6.42 Å². The quantitative estimate of drug-likeness (QED) is 0.634. The molecular formula is C16H19FN2O2. The molecule has 0 saturated carbocycles. The first-order valence-corrected chi connectivity index (χ1v) is 6.61. The van der Waals surface area contributed by atoms with E-state index in [1.807, 2.05) is 24.3 Å². The van der Waals surface area contributed by atoms with Gasteiger partial charge in [0.1, 0.15) is 5.75 Å². The Morgan fingerprint density at radius 1 is 1.14 bits per heavy atom. The van der Waals surface area contributed by atoms with Gasteiger partial charge >= 0.3 is 0 Å². The Morgan fingerprint density at radius 2 is 1.90 bits per heavy atom. The Hall–Kier alpha value is -2.11. The van der Waals surface area contributed by atoms with E-state index in [0.717, 1.165) is 11.3 Å². The lowest BCUT2D eigenvalue weighted by Crippen LogP contribution is -2.30. The van der Waals surface area contributed by atoms with E-state index in [2.05, 4.69) is 5.43 Å². The molecular weight excluding hydrogens is 271 g/mol. The third-order valence-electron chi connectivity index (χ3n) is 3.36. The lowest BCUT2D eigenvalue weighted by Gasteiger charge is -2.18. The first-order valence-electron chi connectivity index (χ1n) is 6.61. The van der Waals surface area contributed by atoms with Crippen LogP contribution in [0.15, 0.2) is 42.5 Å². The van der Waals surface area contributed by atoms with Gasteiger partial charge in [-0.2, -0.15) is 0 Å². The zero-order chi connectivity index (χ0) is 15.2. The first kappa shape index (κ1) is 15.3. The Bertz CT molecular complexity index is 605. The van der Waals surface area contributed by atoms with Gasteiger partial charge in [0.05, 0.1) is 20.3 Å². The van der Waals surface area contributed by atoms with Crippen LogP contribution in [-0.4, -0.2) is 14.2 Å². The van der Waals surface area contributed by atoms with E-state index < -0.39 is 5.82 Å². The van der Waals surface area contributed by atoms with Gasteiger partial charge in [0.15, 0.2) is 11.6 Å². The molecule has 0 amide bonds. The van der Waals surface area contributed by atoms with Crippen LogP contribution in [0, 0.1) is 5.82 Å². The van der Waals surface area contributed by atoms with Crippen molar-refractivity contribution in [2.75, 3.05) is 14.2 Å². The van der Waals surface area contributed by atoms with Crippen LogP contribution < -0.4 is 20.7 Å². The summed E-state index contributed by atoms with van der Waals surface area (Å²) >= 11 is 0. The fourth-order valence-corrected chi connectivity index (χ4v) is 2.25. The van der Waals surface area contributed by atoms with Gasteiger partial charge in [-0.05, 0) is 30.2 Å². The molecule has 0 aromatic heterocycles. The zero-order valence-corrected chi connectivity index (χ0v) is 12.1. The predicted molar refractivity (Wildman–Crippen MR) is 79.7 cm³/mol. The number of hydrogen-bond acceptors (Lipinski definition) is 4. The lowest BCUT2D eigenvalue weighted by molar-refractivity contribution is 0.379. The molecule has 0 fully saturated rings. The maximum atomic E-state index is 14.3. The number of benzene rings is 2. The van der Waals surface area contributed by atoms with Crippen molar-refractivity contribution >= 4 is 0 Å². The summed E-state index contributed by atoms with van der Waals surface area (Å²) in [7, 11) is 3.05. The maximum Gasteiger partial charge on any atom is 0.169 e. The van der Waals surface area contributed by atoms with E-state index in [-0.39, 0.29) is 11.8 Å². The summed E-state index contributed by atoms with van der Waals surface area (Å²) in [5.41, 5.74) is 4.13. The van der Waals surface area contributed by atoms with Crippen LogP contribution in [0.5, 0.6) is 11.5 Å². The van der Waals surface area contributed by atoms with Gasteiger partial charge in [-0.1, -0.05) is 24.3 Å². The topological polar surface area (TPSA) is 56.5 Å². The molecule has 0 heterocycles. The second-order valence-electron chi connectivity index (χ2n) is 4.64. The number of halogens is 1. The fraction of sp³-hybridized carbons (Fsp3) is 0.250. The average molecular weight is 290 g/mol. The fourth-order valence-electron chi connectivity index (χ4n) is 2.25. The van der Waals surface area contributed by atoms with Crippen molar-refractivity contribution in [3.8, 4) is 11.5 Å². The summed E-state index contributed by atoms with van der Waals surface area (Å²) in [5.74, 6) is 6.16. The molecule has 5 heteroatoms. The molecule has 1 unspecified atom stereocenters. The summed E-state index contributed by atoms with van der Waals surface area (Å²) in [4.78, 5) is 0. The van der Waals surface area contributed by atoms with Crippen molar-refractivity contribution in [1.82, 2.24) is 5.43 Å². The van der Waals surface area contributed by atoms with E-state index >= 15 is 0 Å². The van der Waals surface area contributed by atoms with Crippen molar-refractivity contribution in [3.05, 3.63) is 59.4 Å². The van der Waals surface area contributed by atoms with E-state index in [9.17, 15) is 4.39 Å². The van der Waals surface area contributed by atoms with Crippen molar-refractivity contribution in [1.29, 1.82) is 0 Å². The molecule has 0 saturated heterocycles. The molecule has 2 aromatic carbocycles. The summed E-state index contributed by atoms with van der Waals surface area (Å²) in [6, 6.07) is 12.3. The third-order valence-corrected chi connectivity index (χ3v) is 3.36. The summed E-state index contributed by atoms with van der Waals surface area (Å²) in [6.07, 6.45) is 0.539. The Balaban J connectivity index is 2.27. The second kappa shape index (κ2) is 7.06. The largest absolute Gasteiger partial charge is 0.497 e. The molecule has 0 radical (unpaired) electrons. The monoisotopic (exact) mass is 290 g/mol. The third kappa shape index (κ3) is 3.51. The SMILES string of the molecule is COc1cccc(CC(NN)c2cccc(OC)c2F)c1. The molecule has 4 nitrogen and oxygen atoms in total. The van der Waals surface area contributed by atoms with Gasteiger partial charge in [0, 0.05) is 5.56 Å². The van der Waals surface area contributed by atoms with Gasteiger partial charge in [-0.25, -0.2) is 4.39 Å². The van der Waals surface area contributed by atoms with E-state index in [0.29, 0.717) is 12.0 Å². The smallest absolute Gasteiger partial charge is 0.169 e. The number of nitrogens with one attached hydrogen (secondary N) is 1. The molecule has 0 spiro atoms. The molecule has 2 rings (SSSR count). The van der Waals surface area contributed by atoms with Crippen LogP contribution in [0.4, 0.5) is 4.39 Å². The molecule has 112 valence electrons. The number of hydrazine groups is 1. The molecule has 21 heavy (non-hydrogen) atoms. The zero-order valence-electron chi connectivity index (χ0n) is 12.1. The van der Waals surface area contributed by atoms with Crippen LogP contribution in [0.3, 0.4) is 0 Å². The van der Waals surface area contributed by atoms with Crippen molar-refractivity contribution in [2.45, 2.75) is 12.5 Å². The second-order valence-corrected chi connectivity index (χ2v) is 4.64. The van der Waals surface area contributed by atoms with Gasteiger partial charge in [-0.3, -0.25) is 11.3 Å². The highest BCUT2D eigenvalue weighted by molar-refractivity contribution is 5.35. The molecule has 3 N–H and O–H groups in total. The van der Waals surface area contributed by atoms with Crippen molar-refractivity contribution < 1.29 is 13.9 Å². The number of nitrogens with two attached hydrogens (primary N) is 1. The predicted octanol–water partition coefficient (Wildman–Crippen LogP) is 2.59. The highest BCUT2D eigenvalue weighted by Crippen LogP contribution is 2.27. The number of rotatable bonds is 6. The molecule has 1 atom stereocenters. The first-order chi connectivity index (χ1) is 10.2. The maximum absolute atomic E-state index is 14.3. The summed E-state index contributed by atoms with van der Waals surface area (Å²) in [6.45, 7) is 0. The minimum Gasteiger partial charge on any atom is -0.497 e.